The van der Waals surface area contributed by atoms with Crippen molar-refractivity contribution >= 4 is 34.0 Å². The van der Waals surface area contributed by atoms with Crippen LogP contribution in [0.3, 0.4) is 0 Å². The van der Waals surface area contributed by atoms with Gasteiger partial charge in [-0.15, -0.1) is 0 Å². The zero-order valence-corrected chi connectivity index (χ0v) is 13.9. The van der Waals surface area contributed by atoms with Gasteiger partial charge in [0.1, 0.15) is 0 Å². The number of nitrogens with one attached hydrogen (secondary N) is 2. The van der Waals surface area contributed by atoms with Crippen molar-refractivity contribution in [2.75, 3.05) is 10.6 Å². The number of hydrogen-bond donors (Lipinski definition) is 2. The lowest BCUT2D eigenvalue weighted by atomic mass is 10.0. The molecule has 3 aromatic rings. The van der Waals surface area contributed by atoms with Crippen LogP contribution in [0.4, 0.5) is 11.4 Å². The van der Waals surface area contributed by atoms with E-state index in [9.17, 15) is 9.59 Å². The first-order valence-electron chi connectivity index (χ1n) is 8.34. The molecule has 0 spiro atoms. The number of benzene rings is 3. The molecule has 1 aliphatic rings. The lowest BCUT2D eigenvalue weighted by Crippen LogP contribution is -2.12. The Kier molecular flexibility index (Phi) is 3.73. The molecule has 0 fully saturated rings. The molecule has 0 saturated heterocycles. The van der Waals surface area contributed by atoms with Crippen molar-refractivity contribution in [3.05, 3.63) is 71.3 Å². The summed E-state index contributed by atoms with van der Waals surface area (Å²) >= 11 is 0. The van der Waals surface area contributed by atoms with Gasteiger partial charge in [-0.2, -0.15) is 0 Å². The molecule has 4 rings (SSSR count). The van der Waals surface area contributed by atoms with Crippen LogP contribution in [0.2, 0.25) is 0 Å². The largest absolute Gasteiger partial charge is 0.326 e. The SMILES string of the molecule is CC(=O)Nc1ccc(C(=O)Nc2ccc3c4c(cccc24)CC3)cc1. The van der Waals surface area contributed by atoms with E-state index in [-0.39, 0.29) is 11.8 Å². The molecular weight excluding hydrogens is 312 g/mol. The predicted octanol–water partition coefficient (Wildman–Crippen LogP) is 4.15. The monoisotopic (exact) mass is 330 g/mol. The Labute approximate surface area is 145 Å². The minimum absolute atomic E-state index is 0.134. The predicted molar refractivity (Wildman–Crippen MR) is 100 cm³/mol. The maximum atomic E-state index is 12.6. The lowest BCUT2D eigenvalue weighted by molar-refractivity contribution is -0.114. The Morgan fingerprint density at radius 1 is 0.840 bits per heavy atom. The lowest BCUT2D eigenvalue weighted by Gasteiger charge is -2.11. The van der Waals surface area contributed by atoms with Crippen LogP contribution < -0.4 is 10.6 Å². The van der Waals surface area contributed by atoms with E-state index in [1.54, 1.807) is 24.3 Å². The van der Waals surface area contributed by atoms with E-state index in [0.29, 0.717) is 11.3 Å². The molecule has 1 aliphatic carbocycles. The van der Waals surface area contributed by atoms with E-state index >= 15 is 0 Å². The average Bonchev–Trinajstić information content (AvgIpc) is 3.02. The van der Waals surface area contributed by atoms with Crippen molar-refractivity contribution in [2.45, 2.75) is 19.8 Å². The summed E-state index contributed by atoms with van der Waals surface area (Å²) in [7, 11) is 0. The Hall–Kier alpha value is -3.14. The zero-order valence-electron chi connectivity index (χ0n) is 13.9. The highest BCUT2D eigenvalue weighted by molar-refractivity contribution is 6.10. The van der Waals surface area contributed by atoms with Gasteiger partial charge >= 0.3 is 0 Å². The molecule has 0 unspecified atom stereocenters. The molecule has 0 atom stereocenters. The molecule has 0 bridgehead atoms. The first-order valence-corrected chi connectivity index (χ1v) is 8.34. The molecule has 25 heavy (non-hydrogen) atoms. The maximum absolute atomic E-state index is 12.6. The van der Waals surface area contributed by atoms with Gasteiger partial charge in [-0.3, -0.25) is 9.59 Å². The average molecular weight is 330 g/mol. The van der Waals surface area contributed by atoms with Crippen molar-refractivity contribution in [1.82, 2.24) is 0 Å². The molecule has 3 aromatic carbocycles. The normalized spacial score (nSPS) is 12.2. The van der Waals surface area contributed by atoms with Gasteiger partial charge in [-0.25, -0.2) is 0 Å². The van der Waals surface area contributed by atoms with Gasteiger partial charge in [0, 0.05) is 29.2 Å². The number of amides is 2. The third kappa shape index (κ3) is 2.87. The van der Waals surface area contributed by atoms with Gasteiger partial charge in [0.05, 0.1) is 0 Å². The van der Waals surface area contributed by atoms with E-state index in [1.807, 2.05) is 12.1 Å². The minimum atomic E-state index is -0.159. The highest BCUT2D eigenvalue weighted by Gasteiger charge is 2.17. The number of rotatable bonds is 3. The number of carbonyl (C=O) groups is 2. The third-order valence-electron chi connectivity index (χ3n) is 4.59. The molecular formula is C21H18N2O2. The molecule has 0 aromatic heterocycles. The zero-order chi connectivity index (χ0) is 17.4. The second kappa shape index (κ2) is 6.06. The maximum Gasteiger partial charge on any atom is 0.255 e. The van der Waals surface area contributed by atoms with Gasteiger partial charge in [-0.05, 0) is 59.7 Å². The van der Waals surface area contributed by atoms with Crippen LogP contribution in [0.25, 0.3) is 10.8 Å². The molecule has 0 saturated carbocycles. The first kappa shape index (κ1) is 15.4. The fourth-order valence-corrected chi connectivity index (χ4v) is 3.46. The third-order valence-corrected chi connectivity index (χ3v) is 4.59. The molecule has 2 amide bonds. The van der Waals surface area contributed by atoms with Crippen LogP contribution >= 0.6 is 0 Å². The van der Waals surface area contributed by atoms with E-state index < -0.39 is 0 Å². The van der Waals surface area contributed by atoms with Crippen LogP contribution in [0.5, 0.6) is 0 Å². The molecule has 0 radical (unpaired) electrons. The smallest absolute Gasteiger partial charge is 0.255 e. The summed E-state index contributed by atoms with van der Waals surface area (Å²) < 4.78 is 0. The van der Waals surface area contributed by atoms with E-state index in [2.05, 4.69) is 28.8 Å². The van der Waals surface area contributed by atoms with Crippen LogP contribution in [0.15, 0.2) is 54.6 Å². The summed E-state index contributed by atoms with van der Waals surface area (Å²) in [4.78, 5) is 23.6. The summed E-state index contributed by atoms with van der Waals surface area (Å²) in [6.07, 6.45) is 2.13. The van der Waals surface area contributed by atoms with Gasteiger partial charge < -0.3 is 10.6 Å². The number of hydrogen-bond acceptors (Lipinski definition) is 2. The summed E-state index contributed by atoms with van der Waals surface area (Å²) in [5.41, 5.74) is 4.76. The Morgan fingerprint density at radius 2 is 1.56 bits per heavy atom. The Balaban J connectivity index is 1.61. The number of aryl methyl sites for hydroxylation is 2. The number of anilines is 2. The molecule has 0 heterocycles. The molecule has 4 nitrogen and oxygen atoms in total. The quantitative estimate of drug-likeness (QED) is 0.758. The van der Waals surface area contributed by atoms with Crippen LogP contribution in [-0.2, 0) is 17.6 Å². The van der Waals surface area contributed by atoms with Crippen molar-refractivity contribution in [1.29, 1.82) is 0 Å². The fraction of sp³-hybridized carbons (Fsp3) is 0.143. The van der Waals surface area contributed by atoms with E-state index in [0.717, 1.165) is 23.9 Å². The van der Waals surface area contributed by atoms with Crippen LogP contribution in [0.1, 0.15) is 28.4 Å². The molecule has 0 aliphatic heterocycles. The first-order chi connectivity index (χ1) is 12.1. The molecule has 2 N–H and O–H groups in total. The second-order valence-electron chi connectivity index (χ2n) is 6.32. The Morgan fingerprint density at radius 3 is 2.28 bits per heavy atom. The van der Waals surface area contributed by atoms with Crippen molar-refractivity contribution in [2.24, 2.45) is 0 Å². The fourth-order valence-electron chi connectivity index (χ4n) is 3.46. The number of carbonyl (C=O) groups excluding carboxylic acids is 2. The highest BCUT2D eigenvalue weighted by atomic mass is 16.2. The Bertz CT molecular complexity index is 980. The summed E-state index contributed by atoms with van der Waals surface area (Å²) in [6.45, 7) is 1.45. The van der Waals surface area contributed by atoms with Gasteiger partial charge in [-0.1, -0.05) is 24.3 Å². The van der Waals surface area contributed by atoms with Crippen LogP contribution in [0, 0.1) is 0 Å². The highest BCUT2D eigenvalue weighted by Crippen LogP contribution is 2.35. The molecule has 4 heteroatoms. The van der Waals surface area contributed by atoms with E-state index in [1.165, 1.54) is 23.4 Å². The van der Waals surface area contributed by atoms with Crippen LogP contribution in [-0.4, -0.2) is 11.8 Å². The van der Waals surface area contributed by atoms with Crippen molar-refractivity contribution in [3.63, 3.8) is 0 Å². The van der Waals surface area contributed by atoms with Crippen molar-refractivity contribution in [3.8, 4) is 0 Å². The van der Waals surface area contributed by atoms with Gasteiger partial charge in [0.15, 0.2) is 0 Å². The summed E-state index contributed by atoms with van der Waals surface area (Å²) in [6, 6.07) is 17.2. The minimum Gasteiger partial charge on any atom is -0.326 e. The summed E-state index contributed by atoms with van der Waals surface area (Å²) in [5.74, 6) is -0.293. The topological polar surface area (TPSA) is 58.2 Å². The standard InChI is InChI=1S/C21H18N2O2/c1-13(24)22-17-10-7-16(8-11-17)21(25)23-19-12-9-15-6-5-14-3-2-4-18(19)20(14)15/h2-4,7-12H,5-6H2,1H3,(H,22,24)(H,23,25). The van der Waals surface area contributed by atoms with Crippen molar-refractivity contribution < 1.29 is 9.59 Å². The second-order valence-corrected chi connectivity index (χ2v) is 6.32. The van der Waals surface area contributed by atoms with Gasteiger partial charge in [0.2, 0.25) is 5.91 Å². The van der Waals surface area contributed by atoms with Gasteiger partial charge in [0.25, 0.3) is 5.91 Å². The summed E-state index contributed by atoms with van der Waals surface area (Å²) in [5, 5.41) is 8.08. The molecule has 124 valence electrons. The van der Waals surface area contributed by atoms with E-state index in [4.69, 9.17) is 0 Å².